The first kappa shape index (κ1) is 14.6. The molecular formula is C18H29N. The van der Waals surface area contributed by atoms with Crippen molar-refractivity contribution in [3.63, 3.8) is 0 Å². The average molecular weight is 259 g/mol. The van der Waals surface area contributed by atoms with Crippen LogP contribution in [0.2, 0.25) is 0 Å². The van der Waals surface area contributed by atoms with Crippen molar-refractivity contribution in [1.82, 2.24) is 0 Å². The predicted molar refractivity (Wildman–Crippen MR) is 83.3 cm³/mol. The molecular weight excluding hydrogens is 230 g/mol. The van der Waals surface area contributed by atoms with Gasteiger partial charge in [0.2, 0.25) is 0 Å². The third-order valence-corrected chi connectivity index (χ3v) is 5.00. The third kappa shape index (κ3) is 3.60. The van der Waals surface area contributed by atoms with E-state index in [2.05, 4.69) is 39.0 Å². The summed E-state index contributed by atoms with van der Waals surface area (Å²) in [6.45, 7) is 6.71. The number of hydrogen-bond acceptors (Lipinski definition) is 1. The number of aryl methyl sites for hydroxylation is 2. The lowest BCUT2D eigenvalue weighted by Gasteiger charge is -2.35. The summed E-state index contributed by atoms with van der Waals surface area (Å²) in [6, 6.07) is 7.08. The SMILES string of the molecule is CCC1CCCCC1C(N)Cc1cc(C)ccc1C. The highest BCUT2D eigenvalue weighted by molar-refractivity contribution is 5.31. The van der Waals surface area contributed by atoms with E-state index in [0.717, 1.165) is 18.3 Å². The van der Waals surface area contributed by atoms with E-state index in [1.54, 1.807) is 0 Å². The normalized spacial score (nSPS) is 25.3. The van der Waals surface area contributed by atoms with Crippen LogP contribution >= 0.6 is 0 Å². The average Bonchev–Trinajstić information content (AvgIpc) is 2.42. The fraction of sp³-hybridized carbons (Fsp3) is 0.667. The van der Waals surface area contributed by atoms with E-state index in [0.29, 0.717) is 6.04 Å². The van der Waals surface area contributed by atoms with Gasteiger partial charge in [0.1, 0.15) is 0 Å². The van der Waals surface area contributed by atoms with Crippen LogP contribution in [-0.4, -0.2) is 6.04 Å². The van der Waals surface area contributed by atoms with Gasteiger partial charge in [-0.2, -0.15) is 0 Å². The van der Waals surface area contributed by atoms with E-state index in [1.165, 1.54) is 48.8 Å². The second-order valence-electron chi connectivity index (χ2n) is 6.41. The van der Waals surface area contributed by atoms with Gasteiger partial charge in [-0.05, 0) is 49.7 Å². The molecule has 0 radical (unpaired) electrons. The monoisotopic (exact) mass is 259 g/mol. The molecule has 0 heterocycles. The van der Waals surface area contributed by atoms with Gasteiger partial charge in [-0.25, -0.2) is 0 Å². The lowest BCUT2D eigenvalue weighted by molar-refractivity contribution is 0.195. The van der Waals surface area contributed by atoms with Crippen LogP contribution < -0.4 is 5.73 Å². The van der Waals surface area contributed by atoms with Gasteiger partial charge in [-0.1, -0.05) is 56.4 Å². The summed E-state index contributed by atoms with van der Waals surface area (Å²) in [7, 11) is 0. The summed E-state index contributed by atoms with van der Waals surface area (Å²) in [5.41, 5.74) is 10.8. The van der Waals surface area contributed by atoms with Crippen LogP contribution in [0, 0.1) is 25.7 Å². The van der Waals surface area contributed by atoms with E-state index >= 15 is 0 Å². The lowest BCUT2D eigenvalue weighted by atomic mass is 9.73. The summed E-state index contributed by atoms with van der Waals surface area (Å²) in [4.78, 5) is 0. The van der Waals surface area contributed by atoms with Gasteiger partial charge in [-0.3, -0.25) is 0 Å². The molecule has 3 unspecified atom stereocenters. The Kier molecular flexibility index (Phi) is 5.04. The van der Waals surface area contributed by atoms with Crippen molar-refractivity contribution in [3.05, 3.63) is 34.9 Å². The Morgan fingerprint density at radius 3 is 2.68 bits per heavy atom. The molecule has 0 aromatic heterocycles. The molecule has 19 heavy (non-hydrogen) atoms. The largest absolute Gasteiger partial charge is 0.327 e. The Hall–Kier alpha value is -0.820. The highest BCUT2D eigenvalue weighted by Crippen LogP contribution is 2.35. The van der Waals surface area contributed by atoms with Gasteiger partial charge in [0.15, 0.2) is 0 Å². The minimum atomic E-state index is 0.339. The molecule has 0 amide bonds. The third-order valence-electron chi connectivity index (χ3n) is 5.00. The van der Waals surface area contributed by atoms with Gasteiger partial charge in [0, 0.05) is 6.04 Å². The first-order chi connectivity index (χ1) is 9.11. The number of benzene rings is 1. The number of hydrogen-bond donors (Lipinski definition) is 1. The van der Waals surface area contributed by atoms with Crippen molar-refractivity contribution in [2.75, 3.05) is 0 Å². The zero-order valence-electron chi connectivity index (χ0n) is 12.8. The summed E-state index contributed by atoms with van der Waals surface area (Å²) >= 11 is 0. The fourth-order valence-corrected chi connectivity index (χ4v) is 3.73. The van der Waals surface area contributed by atoms with E-state index in [1.807, 2.05) is 0 Å². The van der Waals surface area contributed by atoms with Crippen molar-refractivity contribution >= 4 is 0 Å². The highest BCUT2D eigenvalue weighted by atomic mass is 14.7. The quantitative estimate of drug-likeness (QED) is 0.852. The molecule has 1 heteroatoms. The molecule has 1 aliphatic rings. The van der Waals surface area contributed by atoms with Crippen LogP contribution in [-0.2, 0) is 6.42 Å². The molecule has 1 saturated carbocycles. The van der Waals surface area contributed by atoms with Crippen LogP contribution in [0.5, 0.6) is 0 Å². The predicted octanol–water partition coefficient (Wildman–Crippen LogP) is 4.39. The van der Waals surface area contributed by atoms with Crippen molar-refractivity contribution in [2.45, 2.75) is 65.3 Å². The Bertz CT molecular complexity index is 410. The lowest BCUT2D eigenvalue weighted by Crippen LogP contribution is -2.38. The van der Waals surface area contributed by atoms with Crippen molar-refractivity contribution < 1.29 is 0 Å². The standard InChI is InChI=1S/C18H29N/c1-4-15-7-5-6-8-17(15)18(19)12-16-11-13(2)9-10-14(16)3/h9-11,15,17-18H,4-8,12,19H2,1-3H3. The fourth-order valence-electron chi connectivity index (χ4n) is 3.73. The molecule has 0 spiro atoms. The van der Waals surface area contributed by atoms with Gasteiger partial charge in [0.05, 0.1) is 0 Å². The second kappa shape index (κ2) is 6.56. The van der Waals surface area contributed by atoms with Crippen LogP contribution in [0.1, 0.15) is 55.7 Å². The maximum Gasteiger partial charge on any atom is 0.0110 e. The number of nitrogens with two attached hydrogens (primary N) is 1. The van der Waals surface area contributed by atoms with Gasteiger partial charge in [0.25, 0.3) is 0 Å². The molecule has 0 bridgehead atoms. The first-order valence-corrected chi connectivity index (χ1v) is 7.93. The molecule has 1 fully saturated rings. The second-order valence-corrected chi connectivity index (χ2v) is 6.41. The van der Waals surface area contributed by atoms with Gasteiger partial charge >= 0.3 is 0 Å². The van der Waals surface area contributed by atoms with E-state index in [-0.39, 0.29) is 0 Å². The summed E-state index contributed by atoms with van der Waals surface area (Å²) < 4.78 is 0. The molecule has 1 aromatic carbocycles. The van der Waals surface area contributed by atoms with E-state index in [9.17, 15) is 0 Å². The van der Waals surface area contributed by atoms with Crippen LogP contribution in [0.15, 0.2) is 18.2 Å². The maximum atomic E-state index is 6.57. The van der Waals surface area contributed by atoms with Crippen LogP contribution in [0.25, 0.3) is 0 Å². The molecule has 0 aliphatic heterocycles. The molecule has 2 N–H and O–H groups in total. The molecule has 1 aliphatic carbocycles. The number of rotatable bonds is 4. The minimum Gasteiger partial charge on any atom is -0.327 e. The van der Waals surface area contributed by atoms with Crippen LogP contribution in [0.3, 0.4) is 0 Å². The zero-order chi connectivity index (χ0) is 13.8. The topological polar surface area (TPSA) is 26.0 Å². The highest BCUT2D eigenvalue weighted by Gasteiger charge is 2.28. The zero-order valence-corrected chi connectivity index (χ0v) is 12.8. The van der Waals surface area contributed by atoms with Crippen LogP contribution in [0.4, 0.5) is 0 Å². The molecule has 1 aromatic rings. The molecule has 3 atom stereocenters. The summed E-state index contributed by atoms with van der Waals surface area (Å²) in [5.74, 6) is 1.59. The minimum absolute atomic E-state index is 0.339. The smallest absolute Gasteiger partial charge is 0.0110 e. The van der Waals surface area contributed by atoms with E-state index in [4.69, 9.17) is 5.73 Å². The van der Waals surface area contributed by atoms with Crippen molar-refractivity contribution in [3.8, 4) is 0 Å². The molecule has 1 nitrogen and oxygen atoms in total. The molecule has 106 valence electrons. The first-order valence-electron chi connectivity index (χ1n) is 7.93. The van der Waals surface area contributed by atoms with E-state index < -0.39 is 0 Å². The summed E-state index contributed by atoms with van der Waals surface area (Å²) in [6.07, 6.45) is 7.86. The van der Waals surface area contributed by atoms with Gasteiger partial charge in [-0.15, -0.1) is 0 Å². The Balaban J connectivity index is 2.06. The molecule has 2 rings (SSSR count). The Morgan fingerprint density at radius 1 is 1.21 bits per heavy atom. The Morgan fingerprint density at radius 2 is 1.95 bits per heavy atom. The Labute approximate surface area is 118 Å². The van der Waals surface area contributed by atoms with Gasteiger partial charge < -0.3 is 5.73 Å². The maximum absolute atomic E-state index is 6.57. The summed E-state index contributed by atoms with van der Waals surface area (Å²) in [5, 5.41) is 0. The van der Waals surface area contributed by atoms with Crippen molar-refractivity contribution in [1.29, 1.82) is 0 Å². The van der Waals surface area contributed by atoms with Crippen molar-refractivity contribution in [2.24, 2.45) is 17.6 Å². The molecule has 0 saturated heterocycles.